The molecule has 2 aromatic heterocycles. The quantitative estimate of drug-likeness (QED) is 0.725. The van der Waals surface area contributed by atoms with Crippen LogP contribution in [0.3, 0.4) is 0 Å². The van der Waals surface area contributed by atoms with Crippen molar-refractivity contribution < 1.29 is 4.79 Å². The zero-order valence-corrected chi connectivity index (χ0v) is 14.1. The third-order valence-electron chi connectivity index (χ3n) is 4.44. The van der Waals surface area contributed by atoms with Gasteiger partial charge >= 0.3 is 0 Å². The smallest absolute Gasteiger partial charge is 0.237 e. The first-order valence-corrected chi connectivity index (χ1v) is 8.72. The minimum atomic E-state index is -0.296. The number of nitrogens with zero attached hydrogens (tertiary/aromatic N) is 2. The first-order chi connectivity index (χ1) is 11.8. The van der Waals surface area contributed by atoms with E-state index in [1.807, 2.05) is 12.3 Å². The zero-order chi connectivity index (χ0) is 16.8. The highest BCUT2D eigenvalue weighted by Crippen LogP contribution is 2.28. The Bertz CT molecular complexity index is 655. The number of amides is 1. The summed E-state index contributed by atoms with van der Waals surface area (Å²) in [5.74, 6) is 0.0366. The molecule has 3 N–H and O–H groups in total. The normalized spacial score (nSPS) is 18.0. The molecule has 6 heteroatoms. The van der Waals surface area contributed by atoms with Crippen LogP contribution in [0.2, 0.25) is 0 Å². The van der Waals surface area contributed by atoms with E-state index in [1.54, 1.807) is 12.5 Å². The summed E-state index contributed by atoms with van der Waals surface area (Å²) in [6.07, 6.45) is 9.95. The van der Waals surface area contributed by atoms with Crippen molar-refractivity contribution >= 4 is 5.91 Å². The van der Waals surface area contributed by atoms with E-state index in [-0.39, 0.29) is 18.0 Å². The average Bonchev–Trinajstić information content (AvgIpc) is 3.12. The van der Waals surface area contributed by atoms with Crippen molar-refractivity contribution in [3.63, 3.8) is 0 Å². The molecule has 0 radical (unpaired) electrons. The molecule has 0 fully saturated rings. The fraction of sp³-hybridized carbons (Fsp3) is 0.500. The summed E-state index contributed by atoms with van der Waals surface area (Å²) in [5, 5.41) is 6.54. The van der Waals surface area contributed by atoms with Crippen molar-refractivity contribution in [1.82, 2.24) is 25.6 Å². The molecule has 2 atom stereocenters. The van der Waals surface area contributed by atoms with E-state index in [1.165, 1.54) is 5.56 Å². The zero-order valence-electron chi connectivity index (χ0n) is 14.1. The molecule has 0 bridgehead atoms. The van der Waals surface area contributed by atoms with Gasteiger partial charge in [0, 0.05) is 31.1 Å². The van der Waals surface area contributed by atoms with Crippen LogP contribution in [0.25, 0.3) is 0 Å². The monoisotopic (exact) mass is 327 g/mol. The maximum atomic E-state index is 12.6. The van der Waals surface area contributed by atoms with Crippen LogP contribution in [0, 0.1) is 0 Å². The lowest BCUT2D eigenvalue weighted by molar-refractivity contribution is -0.123. The highest BCUT2D eigenvalue weighted by molar-refractivity contribution is 5.82. The molecule has 6 nitrogen and oxygen atoms in total. The first-order valence-electron chi connectivity index (χ1n) is 8.72. The van der Waals surface area contributed by atoms with Crippen LogP contribution in [0.4, 0.5) is 0 Å². The minimum absolute atomic E-state index is 0.0366. The van der Waals surface area contributed by atoms with Crippen molar-refractivity contribution in [2.75, 3.05) is 6.54 Å². The molecule has 0 saturated carbocycles. The number of carbonyl (C=O) groups excluding carboxylic acids is 1. The number of aryl methyl sites for hydroxylation is 1. The summed E-state index contributed by atoms with van der Waals surface area (Å²) in [6.45, 7) is 2.75. The van der Waals surface area contributed by atoms with E-state index in [4.69, 9.17) is 0 Å². The Morgan fingerprint density at radius 1 is 1.50 bits per heavy atom. The van der Waals surface area contributed by atoms with Crippen LogP contribution in [0.15, 0.2) is 30.9 Å². The van der Waals surface area contributed by atoms with E-state index in [0.717, 1.165) is 37.1 Å². The molecule has 2 aromatic rings. The molecule has 2 unspecified atom stereocenters. The molecule has 1 amide bonds. The number of pyridine rings is 1. The minimum Gasteiger partial charge on any atom is -0.355 e. The van der Waals surface area contributed by atoms with E-state index in [0.29, 0.717) is 13.0 Å². The molecule has 0 aliphatic heterocycles. The number of carbonyl (C=O) groups is 1. The second kappa shape index (κ2) is 8.06. The van der Waals surface area contributed by atoms with Gasteiger partial charge in [0.2, 0.25) is 5.91 Å². The summed E-state index contributed by atoms with van der Waals surface area (Å²) < 4.78 is 0. The third kappa shape index (κ3) is 4.00. The Labute approximate surface area is 142 Å². The predicted molar refractivity (Wildman–Crippen MR) is 92.4 cm³/mol. The van der Waals surface area contributed by atoms with Gasteiger partial charge in [-0.2, -0.15) is 0 Å². The SMILES string of the molecule is CCCNC(=O)C(Cc1cnc[nH]1)NC1CCCc2cccnc21. The first kappa shape index (κ1) is 16.6. The van der Waals surface area contributed by atoms with Gasteiger partial charge in [-0.05, 0) is 37.3 Å². The van der Waals surface area contributed by atoms with Gasteiger partial charge in [-0.15, -0.1) is 0 Å². The van der Waals surface area contributed by atoms with Crippen LogP contribution in [-0.4, -0.2) is 33.4 Å². The van der Waals surface area contributed by atoms with Crippen molar-refractivity contribution in [2.45, 2.75) is 51.1 Å². The number of hydrogen-bond donors (Lipinski definition) is 3. The molecular formula is C18H25N5O. The Hall–Kier alpha value is -2.21. The van der Waals surface area contributed by atoms with Crippen LogP contribution in [0.5, 0.6) is 0 Å². The number of aromatic amines is 1. The average molecular weight is 327 g/mol. The molecule has 0 saturated heterocycles. The van der Waals surface area contributed by atoms with E-state index < -0.39 is 0 Å². The number of rotatable bonds is 7. The topological polar surface area (TPSA) is 82.7 Å². The van der Waals surface area contributed by atoms with Gasteiger partial charge in [-0.1, -0.05) is 13.0 Å². The van der Waals surface area contributed by atoms with Crippen molar-refractivity contribution in [2.24, 2.45) is 0 Å². The highest BCUT2D eigenvalue weighted by atomic mass is 16.2. The molecule has 2 heterocycles. The lowest BCUT2D eigenvalue weighted by atomic mass is 9.91. The number of H-pyrrole nitrogens is 1. The molecule has 3 rings (SSSR count). The molecule has 1 aliphatic carbocycles. The Morgan fingerprint density at radius 2 is 2.42 bits per heavy atom. The maximum absolute atomic E-state index is 12.6. The standard InChI is InChI=1S/C18H25N5O/c1-2-8-21-18(24)16(10-14-11-19-12-22-14)23-15-7-3-5-13-6-4-9-20-17(13)15/h4,6,9,11-12,15-16,23H,2-3,5,7-8,10H2,1H3,(H,19,22)(H,21,24). The fourth-order valence-electron chi connectivity index (χ4n) is 3.23. The second-order valence-electron chi connectivity index (χ2n) is 6.28. The Balaban J connectivity index is 1.75. The molecular weight excluding hydrogens is 302 g/mol. The van der Waals surface area contributed by atoms with Gasteiger partial charge in [-0.3, -0.25) is 15.1 Å². The Morgan fingerprint density at radius 3 is 3.21 bits per heavy atom. The lowest BCUT2D eigenvalue weighted by Gasteiger charge is -2.29. The van der Waals surface area contributed by atoms with Gasteiger partial charge < -0.3 is 10.3 Å². The maximum Gasteiger partial charge on any atom is 0.237 e. The summed E-state index contributed by atoms with van der Waals surface area (Å²) in [5.41, 5.74) is 3.33. The number of nitrogens with one attached hydrogen (secondary N) is 3. The third-order valence-corrected chi connectivity index (χ3v) is 4.44. The van der Waals surface area contributed by atoms with Gasteiger partial charge in [0.15, 0.2) is 0 Å². The van der Waals surface area contributed by atoms with Crippen LogP contribution < -0.4 is 10.6 Å². The van der Waals surface area contributed by atoms with Gasteiger partial charge in [0.1, 0.15) is 0 Å². The molecule has 0 aromatic carbocycles. The molecule has 0 spiro atoms. The van der Waals surface area contributed by atoms with Gasteiger partial charge in [0.05, 0.1) is 24.1 Å². The van der Waals surface area contributed by atoms with E-state index in [9.17, 15) is 4.79 Å². The van der Waals surface area contributed by atoms with Crippen LogP contribution >= 0.6 is 0 Å². The van der Waals surface area contributed by atoms with Gasteiger partial charge in [-0.25, -0.2) is 4.98 Å². The largest absolute Gasteiger partial charge is 0.355 e. The number of hydrogen-bond acceptors (Lipinski definition) is 4. The molecule has 24 heavy (non-hydrogen) atoms. The molecule has 128 valence electrons. The van der Waals surface area contributed by atoms with Crippen molar-refractivity contribution in [3.8, 4) is 0 Å². The van der Waals surface area contributed by atoms with Crippen LogP contribution in [-0.2, 0) is 17.6 Å². The molecule has 1 aliphatic rings. The summed E-state index contributed by atoms with van der Waals surface area (Å²) in [6, 6.07) is 3.94. The predicted octanol–water partition coefficient (Wildman–Crippen LogP) is 1.91. The number of imidazole rings is 1. The summed E-state index contributed by atoms with van der Waals surface area (Å²) in [7, 11) is 0. The second-order valence-corrected chi connectivity index (χ2v) is 6.28. The van der Waals surface area contributed by atoms with Crippen molar-refractivity contribution in [1.29, 1.82) is 0 Å². The van der Waals surface area contributed by atoms with Crippen LogP contribution in [0.1, 0.15) is 49.2 Å². The summed E-state index contributed by atoms with van der Waals surface area (Å²) >= 11 is 0. The number of fused-ring (bicyclic) bond motifs is 1. The lowest BCUT2D eigenvalue weighted by Crippen LogP contribution is -2.47. The fourth-order valence-corrected chi connectivity index (χ4v) is 3.23. The summed E-state index contributed by atoms with van der Waals surface area (Å²) in [4.78, 5) is 24.3. The Kier molecular flexibility index (Phi) is 5.59. The van der Waals surface area contributed by atoms with E-state index >= 15 is 0 Å². The number of aromatic nitrogens is 3. The highest BCUT2D eigenvalue weighted by Gasteiger charge is 2.27. The van der Waals surface area contributed by atoms with E-state index in [2.05, 4.69) is 38.6 Å². The van der Waals surface area contributed by atoms with Crippen molar-refractivity contribution in [3.05, 3.63) is 47.8 Å². The van der Waals surface area contributed by atoms with Gasteiger partial charge in [0.25, 0.3) is 0 Å².